The summed E-state index contributed by atoms with van der Waals surface area (Å²) in [6, 6.07) is -0.283. The highest BCUT2D eigenvalue weighted by atomic mass is 19.3. The molecule has 1 saturated heterocycles. The van der Waals surface area contributed by atoms with Crippen molar-refractivity contribution < 1.29 is 23.4 Å². The van der Waals surface area contributed by atoms with Crippen LogP contribution >= 0.6 is 0 Å². The van der Waals surface area contributed by atoms with Crippen LogP contribution in [0, 0.1) is 0 Å². The van der Waals surface area contributed by atoms with Crippen LogP contribution in [0.2, 0.25) is 0 Å². The van der Waals surface area contributed by atoms with E-state index in [9.17, 15) is 18.7 Å². The number of halogens is 2. The second-order valence-corrected chi connectivity index (χ2v) is 5.21. The zero-order valence-corrected chi connectivity index (χ0v) is 10.5. The Bertz CT molecular complexity index is 331. The van der Waals surface area contributed by atoms with Crippen LogP contribution in [0.3, 0.4) is 0 Å². The van der Waals surface area contributed by atoms with Gasteiger partial charge in [0.05, 0.1) is 6.61 Å². The van der Waals surface area contributed by atoms with Crippen LogP contribution in [-0.4, -0.2) is 53.2 Å². The van der Waals surface area contributed by atoms with Gasteiger partial charge in [-0.05, 0) is 32.6 Å². The number of carbonyl (C=O) groups is 1. The van der Waals surface area contributed by atoms with Crippen molar-refractivity contribution in [1.82, 2.24) is 4.90 Å². The Morgan fingerprint density at radius 3 is 2.67 bits per heavy atom. The van der Waals surface area contributed by atoms with Crippen LogP contribution < -0.4 is 0 Å². The lowest BCUT2D eigenvalue weighted by molar-refractivity contribution is -0.224. The maximum Gasteiger partial charge on any atom is 0.352 e. The van der Waals surface area contributed by atoms with Gasteiger partial charge in [-0.2, -0.15) is 8.78 Å². The molecule has 1 aliphatic heterocycles. The van der Waals surface area contributed by atoms with Gasteiger partial charge in [0.1, 0.15) is 5.60 Å². The molecule has 0 radical (unpaired) electrons. The minimum Gasteiger partial charge on any atom is -0.383 e. The zero-order valence-electron chi connectivity index (χ0n) is 10.5. The van der Waals surface area contributed by atoms with E-state index in [-0.39, 0.29) is 32.0 Å². The molecule has 1 atom stereocenters. The molecule has 2 fully saturated rings. The second kappa shape index (κ2) is 4.74. The van der Waals surface area contributed by atoms with Crippen LogP contribution in [0.5, 0.6) is 0 Å². The van der Waals surface area contributed by atoms with Crippen LogP contribution in [0.15, 0.2) is 0 Å². The maximum atomic E-state index is 14.1. The summed E-state index contributed by atoms with van der Waals surface area (Å²) in [4.78, 5) is 13.1. The highest BCUT2D eigenvalue weighted by Gasteiger charge is 2.62. The molecule has 1 heterocycles. The smallest absolute Gasteiger partial charge is 0.352 e. The highest BCUT2D eigenvalue weighted by molar-refractivity contribution is 5.85. The predicted molar refractivity (Wildman–Crippen MR) is 60.4 cm³/mol. The van der Waals surface area contributed by atoms with Gasteiger partial charge in [-0.1, -0.05) is 0 Å². The molecule has 1 unspecified atom stereocenters. The minimum absolute atomic E-state index is 0.00946. The van der Waals surface area contributed by atoms with Crippen LogP contribution in [0.4, 0.5) is 8.78 Å². The fourth-order valence-corrected chi connectivity index (χ4v) is 2.40. The van der Waals surface area contributed by atoms with Gasteiger partial charge in [0.2, 0.25) is 0 Å². The molecular formula is C12H19F2NO3. The van der Waals surface area contributed by atoms with Gasteiger partial charge in [0.15, 0.2) is 0 Å². The van der Waals surface area contributed by atoms with E-state index in [1.54, 1.807) is 6.92 Å². The van der Waals surface area contributed by atoms with Crippen molar-refractivity contribution in [3.63, 3.8) is 0 Å². The average Bonchev–Trinajstić information content (AvgIpc) is 2.49. The third-order valence-corrected chi connectivity index (χ3v) is 3.98. The quantitative estimate of drug-likeness (QED) is 0.813. The van der Waals surface area contributed by atoms with Crippen molar-refractivity contribution in [2.24, 2.45) is 0 Å². The number of amides is 1. The molecule has 2 aliphatic rings. The summed E-state index contributed by atoms with van der Waals surface area (Å²) >= 11 is 0. The molecule has 0 aromatic heterocycles. The van der Waals surface area contributed by atoms with Crippen LogP contribution in [0.1, 0.15) is 32.6 Å². The van der Waals surface area contributed by atoms with Crippen molar-refractivity contribution in [2.75, 3.05) is 19.8 Å². The van der Waals surface area contributed by atoms with Crippen LogP contribution in [-0.2, 0) is 9.53 Å². The fourth-order valence-electron chi connectivity index (χ4n) is 2.40. The second-order valence-electron chi connectivity index (χ2n) is 5.21. The molecule has 2 rings (SSSR count). The fraction of sp³-hybridized carbons (Fsp3) is 0.917. The monoisotopic (exact) mass is 263 g/mol. The molecule has 1 amide bonds. The zero-order chi connectivity index (χ0) is 13.4. The predicted octanol–water partition coefficient (Wildman–Crippen LogP) is 1.17. The van der Waals surface area contributed by atoms with Gasteiger partial charge in [-0.3, -0.25) is 4.79 Å². The van der Waals surface area contributed by atoms with E-state index >= 15 is 0 Å². The summed E-state index contributed by atoms with van der Waals surface area (Å²) in [6.45, 7) is 2.63. The van der Waals surface area contributed by atoms with Gasteiger partial charge in [0, 0.05) is 19.2 Å². The number of alkyl halides is 2. The summed E-state index contributed by atoms with van der Waals surface area (Å²) in [5, 5.41) is 9.77. The van der Waals surface area contributed by atoms with Crippen molar-refractivity contribution in [3.8, 4) is 0 Å². The van der Waals surface area contributed by atoms with Crippen molar-refractivity contribution in [2.45, 2.75) is 50.2 Å². The number of rotatable bonds is 2. The average molecular weight is 263 g/mol. The summed E-state index contributed by atoms with van der Waals surface area (Å²) in [6.07, 6.45) is 1.06. The molecule has 4 nitrogen and oxygen atoms in total. The topological polar surface area (TPSA) is 49.8 Å². The Hall–Kier alpha value is -0.750. The van der Waals surface area contributed by atoms with Gasteiger partial charge in [-0.15, -0.1) is 0 Å². The molecule has 104 valence electrons. The van der Waals surface area contributed by atoms with Gasteiger partial charge < -0.3 is 14.7 Å². The van der Waals surface area contributed by atoms with E-state index in [4.69, 9.17) is 4.74 Å². The third kappa shape index (κ3) is 2.12. The van der Waals surface area contributed by atoms with Crippen LogP contribution in [0.25, 0.3) is 0 Å². The first-order valence-corrected chi connectivity index (χ1v) is 6.37. The summed E-state index contributed by atoms with van der Waals surface area (Å²) < 4.78 is 33.3. The maximum absolute atomic E-state index is 14.1. The van der Waals surface area contributed by atoms with E-state index < -0.39 is 17.4 Å². The summed E-state index contributed by atoms with van der Waals surface area (Å²) in [5.41, 5.74) is -2.14. The molecule has 18 heavy (non-hydrogen) atoms. The van der Waals surface area contributed by atoms with E-state index in [2.05, 4.69) is 0 Å². The molecule has 6 heteroatoms. The Morgan fingerprint density at radius 1 is 1.44 bits per heavy atom. The van der Waals surface area contributed by atoms with Gasteiger partial charge in [-0.25, -0.2) is 0 Å². The Labute approximate surface area is 105 Å². The lowest BCUT2D eigenvalue weighted by Gasteiger charge is -2.43. The Kier molecular flexibility index (Phi) is 3.60. The van der Waals surface area contributed by atoms with Gasteiger partial charge >= 0.3 is 5.92 Å². The molecule has 1 aliphatic carbocycles. The first-order chi connectivity index (χ1) is 8.38. The highest BCUT2D eigenvalue weighted by Crippen LogP contribution is 2.45. The minimum atomic E-state index is -3.69. The van der Waals surface area contributed by atoms with E-state index in [1.165, 1.54) is 0 Å². The molecule has 0 bridgehead atoms. The normalized spacial score (nSPS) is 28.4. The largest absolute Gasteiger partial charge is 0.383 e. The number of ether oxygens (including phenoxy) is 1. The molecule has 1 saturated carbocycles. The lowest BCUT2D eigenvalue weighted by atomic mass is 9.75. The van der Waals surface area contributed by atoms with Gasteiger partial charge in [0.25, 0.3) is 5.91 Å². The number of hydrogen-bond donors (Lipinski definition) is 1. The number of hydrogen-bond acceptors (Lipinski definition) is 3. The van der Waals surface area contributed by atoms with E-state index in [0.717, 1.165) is 4.90 Å². The lowest BCUT2D eigenvalue weighted by Crippen LogP contribution is -2.62. The molecule has 0 aromatic carbocycles. The summed E-state index contributed by atoms with van der Waals surface area (Å²) in [7, 11) is 0. The van der Waals surface area contributed by atoms with Crippen molar-refractivity contribution in [1.29, 1.82) is 0 Å². The molecular weight excluding hydrogens is 244 g/mol. The summed E-state index contributed by atoms with van der Waals surface area (Å²) in [5.74, 6) is -4.95. The number of aliphatic hydroxyl groups is 1. The first kappa shape index (κ1) is 13.7. The standard InChI is InChI=1S/C12H19F2NO3/c1-9-3-7-18-8-6-15(9)10(16)12(13,14)11(17)4-2-5-11/h9,17H,2-8H2,1H3. The first-order valence-electron chi connectivity index (χ1n) is 6.37. The third-order valence-electron chi connectivity index (χ3n) is 3.98. The Balaban J connectivity index is 2.13. The molecule has 0 spiro atoms. The van der Waals surface area contributed by atoms with Crippen molar-refractivity contribution >= 4 is 5.91 Å². The number of nitrogens with zero attached hydrogens (tertiary/aromatic N) is 1. The van der Waals surface area contributed by atoms with Crippen molar-refractivity contribution in [3.05, 3.63) is 0 Å². The number of carbonyl (C=O) groups excluding carboxylic acids is 1. The molecule has 1 N–H and O–H groups in total. The molecule has 0 aromatic rings. The van der Waals surface area contributed by atoms with E-state index in [1.807, 2.05) is 0 Å². The van der Waals surface area contributed by atoms with E-state index in [0.29, 0.717) is 19.4 Å². The Morgan fingerprint density at radius 2 is 2.11 bits per heavy atom. The SMILES string of the molecule is CC1CCOCCN1C(=O)C(F)(F)C1(O)CCC1.